The maximum atomic E-state index is 10.3. The van der Waals surface area contributed by atoms with Crippen LogP contribution in [0.2, 0.25) is 0 Å². The van der Waals surface area contributed by atoms with E-state index in [2.05, 4.69) is 10.3 Å². The van der Waals surface area contributed by atoms with Gasteiger partial charge in [-0.1, -0.05) is 6.92 Å². The van der Waals surface area contributed by atoms with Crippen LogP contribution in [0, 0.1) is 0 Å². The quantitative estimate of drug-likeness (QED) is 0.711. The minimum atomic E-state index is -0.526. The monoisotopic (exact) mass is 183 g/mol. The Morgan fingerprint density at radius 1 is 1.77 bits per heavy atom. The number of rotatable bonds is 4. The molecule has 0 aliphatic heterocycles. The molecule has 0 aliphatic carbocycles. The van der Waals surface area contributed by atoms with Crippen LogP contribution in [0.25, 0.3) is 0 Å². The fraction of sp³-hybridized carbons (Fsp3) is 0.500. The Hall–Kier alpha value is -1.52. The summed E-state index contributed by atoms with van der Waals surface area (Å²) < 4.78 is 5.31. The van der Waals surface area contributed by atoms with Crippen molar-refractivity contribution < 1.29 is 9.21 Å². The summed E-state index contributed by atoms with van der Waals surface area (Å²) in [6.45, 7) is 2.45. The number of nitrogens with zero attached hydrogens (tertiary/aromatic N) is 1. The number of oxazole rings is 1. The van der Waals surface area contributed by atoms with E-state index in [0.717, 1.165) is 12.2 Å². The molecule has 72 valence electrons. The fourth-order valence-electron chi connectivity index (χ4n) is 0.920. The van der Waals surface area contributed by atoms with E-state index >= 15 is 0 Å². The highest BCUT2D eigenvalue weighted by Crippen LogP contribution is 2.03. The third-order valence-electron chi connectivity index (χ3n) is 1.59. The molecule has 0 fully saturated rings. The number of carbonyl (C=O) groups is 1. The van der Waals surface area contributed by atoms with Crippen LogP contribution in [0.1, 0.15) is 18.6 Å². The van der Waals surface area contributed by atoms with E-state index < -0.39 is 6.03 Å². The average molecular weight is 183 g/mol. The van der Waals surface area contributed by atoms with Gasteiger partial charge in [0.05, 0.1) is 6.20 Å². The molecule has 0 atom stereocenters. The number of carbonyl (C=O) groups excluding carboxylic acids is 1. The van der Waals surface area contributed by atoms with E-state index in [-0.39, 0.29) is 0 Å². The van der Waals surface area contributed by atoms with Gasteiger partial charge in [0, 0.05) is 19.4 Å². The van der Waals surface area contributed by atoms with Gasteiger partial charge in [0.15, 0.2) is 5.89 Å². The SMILES string of the molecule is CCc1cnc(CCNC(N)=O)o1. The van der Waals surface area contributed by atoms with Gasteiger partial charge in [-0.2, -0.15) is 0 Å². The molecule has 0 saturated carbocycles. The van der Waals surface area contributed by atoms with E-state index in [4.69, 9.17) is 10.2 Å². The van der Waals surface area contributed by atoms with Crippen molar-refractivity contribution in [3.05, 3.63) is 17.8 Å². The van der Waals surface area contributed by atoms with Crippen molar-refractivity contribution in [1.29, 1.82) is 0 Å². The number of hydrogen-bond donors (Lipinski definition) is 2. The molecule has 5 heteroatoms. The lowest BCUT2D eigenvalue weighted by atomic mass is 10.4. The van der Waals surface area contributed by atoms with Crippen molar-refractivity contribution in [2.75, 3.05) is 6.54 Å². The highest BCUT2D eigenvalue weighted by atomic mass is 16.4. The van der Waals surface area contributed by atoms with Crippen LogP contribution in [0.5, 0.6) is 0 Å². The highest BCUT2D eigenvalue weighted by Gasteiger charge is 2.01. The van der Waals surface area contributed by atoms with Gasteiger partial charge in [-0.3, -0.25) is 0 Å². The Kier molecular flexibility index (Phi) is 3.31. The second kappa shape index (κ2) is 4.49. The Morgan fingerprint density at radius 2 is 2.54 bits per heavy atom. The molecule has 0 spiro atoms. The van der Waals surface area contributed by atoms with Crippen LogP contribution in [-0.4, -0.2) is 17.6 Å². The minimum Gasteiger partial charge on any atom is -0.446 e. The van der Waals surface area contributed by atoms with Gasteiger partial charge >= 0.3 is 6.03 Å². The van der Waals surface area contributed by atoms with E-state index in [1.54, 1.807) is 6.20 Å². The molecular formula is C8H13N3O2. The molecule has 1 heterocycles. The van der Waals surface area contributed by atoms with Gasteiger partial charge in [-0.25, -0.2) is 9.78 Å². The topological polar surface area (TPSA) is 81.1 Å². The Bertz CT molecular complexity index is 283. The van der Waals surface area contributed by atoms with Gasteiger partial charge in [-0.15, -0.1) is 0 Å². The lowest BCUT2D eigenvalue weighted by Crippen LogP contribution is -2.30. The van der Waals surface area contributed by atoms with Crippen LogP contribution in [0.15, 0.2) is 10.6 Å². The number of nitrogens with one attached hydrogen (secondary N) is 1. The van der Waals surface area contributed by atoms with Crippen molar-refractivity contribution in [2.45, 2.75) is 19.8 Å². The molecule has 0 aromatic carbocycles. The lowest BCUT2D eigenvalue weighted by molar-refractivity contribution is 0.249. The zero-order chi connectivity index (χ0) is 9.68. The number of aromatic nitrogens is 1. The van der Waals surface area contributed by atoms with Gasteiger partial charge in [-0.05, 0) is 0 Å². The van der Waals surface area contributed by atoms with Gasteiger partial charge < -0.3 is 15.5 Å². The summed E-state index contributed by atoms with van der Waals surface area (Å²) in [5, 5.41) is 2.46. The van der Waals surface area contributed by atoms with E-state index in [1.807, 2.05) is 6.92 Å². The van der Waals surface area contributed by atoms with Crippen molar-refractivity contribution in [1.82, 2.24) is 10.3 Å². The smallest absolute Gasteiger partial charge is 0.312 e. The second-order valence-corrected chi connectivity index (χ2v) is 2.61. The van der Waals surface area contributed by atoms with Crippen molar-refractivity contribution >= 4 is 6.03 Å². The number of amides is 2. The molecule has 13 heavy (non-hydrogen) atoms. The Balaban J connectivity index is 2.32. The van der Waals surface area contributed by atoms with E-state index in [9.17, 15) is 4.79 Å². The predicted octanol–water partition coefficient (Wildman–Crippen LogP) is 0.448. The van der Waals surface area contributed by atoms with Crippen molar-refractivity contribution in [3.8, 4) is 0 Å². The molecule has 2 amide bonds. The first kappa shape index (κ1) is 9.57. The molecule has 1 aromatic heterocycles. The van der Waals surface area contributed by atoms with Crippen LogP contribution in [0.3, 0.4) is 0 Å². The summed E-state index contributed by atoms with van der Waals surface area (Å²) in [5.74, 6) is 1.49. The largest absolute Gasteiger partial charge is 0.446 e. The highest BCUT2D eigenvalue weighted by molar-refractivity contribution is 5.71. The third kappa shape index (κ3) is 3.14. The summed E-state index contributed by atoms with van der Waals surface area (Å²) in [6, 6.07) is -0.526. The maximum Gasteiger partial charge on any atom is 0.312 e. The molecule has 0 saturated heterocycles. The van der Waals surface area contributed by atoms with E-state index in [1.165, 1.54) is 0 Å². The molecular weight excluding hydrogens is 170 g/mol. The first-order valence-electron chi connectivity index (χ1n) is 4.19. The standard InChI is InChI=1S/C8H13N3O2/c1-2-6-5-11-7(13-6)3-4-10-8(9)12/h5H,2-4H2,1H3,(H3,9,10,12). The second-order valence-electron chi connectivity index (χ2n) is 2.61. The summed E-state index contributed by atoms with van der Waals surface area (Å²) in [7, 11) is 0. The number of primary amides is 1. The maximum absolute atomic E-state index is 10.3. The summed E-state index contributed by atoms with van der Waals surface area (Å²) >= 11 is 0. The zero-order valence-corrected chi connectivity index (χ0v) is 7.54. The average Bonchev–Trinajstić information content (AvgIpc) is 2.52. The van der Waals surface area contributed by atoms with Gasteiger partial charge in [0.1, 0.15) is 5.76 Å². The van der Waals surface area contributed by atoms with Crippen LogP contribution < -0.4 is 11.1 Å². The molecule has 0 unspecified atom stereocenters. The summed E-state index contributed by atoms with van der Waals surface area (Å²) in [6.07, 6.45) is 3.10. The number of nitrogens with two attached hydrogens (primary N) is 1. The summed E-state index contributed by atoms with van der Waals surface area (Å²) in [4.78, 5) is 14.3. The molecule has 0 aliphatic rings. The summed E-state index contributed by atoms with van der Waals surface area (Å²) in [5.41, 5.74) is 4.89. The lowest BCUT2D eigenvalue weighted by Gasteiger charge is -1.97. The number of aryl methyl sites for hydroxylation is 1. The molecule has 0 radical (unpaired) electrons. The normalized spacial score (nSPS) is 9.92. The molecule has 5 nitrogen and oxygen atoms in total. The third-order valence-corrected chi connectivity index (χ3v) is 1.59. The first-order valence-corrected chi connectivity index (χ1v) is 4.19. The zero-order valence-electron chi connectivity index (χ0n) is 7.54. The molecule has 1 aromatic rings. The predicted molar refractivity (Wildman–Crippen MR) is 47.2 cm³/mol. The number of hydrogen-bond acceptors (Lipinski definition) is 3. The van der Waals surface area contributed by atoms with Crippen molar-refractivity contribution in [2.24, 2.45) is 5.73 Å². The minimum absolute atomic E-state index is 0.457. The first-order chi connectivity index (χ1) is 6.22. The van der Waals surface area contributed by atoms with Crippen LogP contribution in [-0.2, 0) is 12.8 Å². The molecule has 3 N–H and O–H groups in total. The Morgan fingerprint density at radius 3 is 3.08 bits per heavy atom. The fourth-order valence-corrected chi connectivity index (χ4v) is 0.920. The molecule has 1 rings (SSSR count). The van der Waals surface area contributed by atoms with Gasteiger partial charge in [0.2, 0.25) is 0 Å². The number of urea groups is 1. The Labute approximate surface area is 76.3 Å². The van der Waals surface area contributed by atoms with Crippen LogP contribution >= 0.6 is 0 Å². The van der Waals surface area contributed by atoms with Crippen LogP contribution in [0.4, 0.5) is 4.79 Å². The van der Waals surface area contributed by atoms with E-state index in [0.29, 0.717) is 18.9 Å². The molecule has 0 bridgehead atoms. The van der Waals surface area contributed by atoms with Gasteiger partial charge in [0.25, 0.3) is 0 Å². The van der Waals surface area contributed by atoms with Crippen molar-refractivity contribution in [3.63, 3.8) is 0 Å².